The number of aromatic nitrogens is 2. The molecule has 0 saturated heterocycles. The van der Waals surface area contributed by atoms with E-state index in [4.69, 9.17) is 5.11 Å². The monoisotopic (exact) mass is 255 g/mol. The van der Waals surface area contributed by atoms with E-state index in [1.807, 2.05) is 11.9 Å². The average Bonchev–Trinajstić information content (AvgIpc) is 2.33. The Morgan fingerprint density at radius 2 is 1.89 bits per heavy atom. The topological polar surface area (TPSA) is 67.5 Å². The first-order valence-electron chi connectivity index (χ1n) is 6.02. The van der Waals surface area contributed by atoms with Gasteiger partial charge in [0, 0.05) is 32.4 Å². The summed E-state index contributed by atoms with van der Waals surface area (Å²) in [5.74, 6) is 0. The molecule has 0 aliphatic heterocycles. The van der Waals surface area contributed by atoms with Crippen molar-refractivity contribution in [2.45, 2.75) is 12.8 Å². The summed E-state index contributed by atoms with van der Waals surface area (Å²) < 4.78 is 2.61. The third kappa shape index (κ3) is 3.54. The molecular formula is C12H21N3O3. The first-order valence-corrected chi connectivity index (χ1v) is 6.02. The summed E-state index contributed by atoms with van der Waals surface area (Å²) in [4.78, 5) is 25.2. The van der Waals surface area contributed by atoms with Crippen LogP contribution in [0, 0.1) is 0 Å². The fourth-order valence-electron chi connectivity index (χ4n) is 1.83. The van der Waals surface area contributed by atoms with Crippen LogP contribution in [0.15, 0.2) is 15.7 Å². The van der Waals surface area contributed by atoms with E-state index in [0.29, 0.717) is 13.0 Å². The van der Waals surface area contributed by atoms with Crippen LogP contribution >= 0.6 is 0 Å². The van der Waals surface area contributed by atoms with E-state index < -0.39 is 0 Å². The fourth-order valence-corrected chi connectivity index (χ4v) is 1.83. The van der Waals surface area contributed by atoms with Crippen LogP contribution < -0.4 is 11.2 Å². The quantitative estimate of drug-likeness (QED) is 0.703. The minimum atomic E-state index is -0.291. The Morgan fingerprint density at radius 3 is 2.50 bits per heavy atom. The van der Waals surface area contributed by atoms with Gasteiger partial charge in [-0.1, -0.05) is 0 Å². The van der Waals surface area contributed by atoms with Crippen molar-refractivity contribution in [2.24, 2.45) is 14.1 Å². The maximum absolute atomic E-state index is 11.7. The van der Waals surface area contributed by atoms with Crippen molar-refractivity contribution in [1.82, 2.24) is 14.0 Å². The lowest BCUT2D eigenvalue weighted by Crippen LogP contribution is -2.38. The molecular weight excluding hydrogens is 234 g/mol. The largest absolute Gasteiger partial charge is 0.395 e. The highest BCUT2D eigenvalue weighted by Crippen LogP contribution is 1.98. The van der Waals surface area contributed by atoms with Crippen molar-refractivity contribution < 1.29 is 5.11 Å². The molecule has 0 amide bonds. The van der Waals surface area contributed by atoms with Crippen LogP contribution in [0.4, 0.5) is 0 Å². The maximum Gasteiger partial charge on any atom is 0.330 e. The molecule has 0 fully saturated rings. The van der Waals surface area contributed by atoms with E-state index >= 15 is 0 Å². The number of hydrogen-bond donors (Lipinski definition) is 1. The second-order valence-electron chi connectivity index (χ2n) is 4.50. The van der Waals surface area contributed by atoms with Crippen molar-refractivity contribution >= 4 is 0 Å². The molecule has 6 nitrogen and oxygen atoms in total. The zero-order valence-corrected chi connectivity index (χ0v) is 11.2. The van der Waals surface area contributed by atoms with Gasteiger partial charge in [0.1, 0.15) is 0 Å². The Kier molecular flexibility index (Phi) is 5.30. The predicted octanol–water partition coefficient (Wildman–Crippen LogP) is -1.06. The Hall–Kier alpha value is -1.40. The van der Waals surface area contributed by atoms with Crippen molar-refractivity contribution in [3.8, 4) is 0 Å². The van der Waals surface area contributed by atoms with Gasteiger partial charge in [0.2, 0.25) is 0 Å². The van der Waals surface area contributed by atoms with Crippen molar-refractivity contribution in [3.05, 3.63) is 32.6 Å². The number of aryl methyl sites for hydroxylation is 1. The molecule has 0 aromatic carbocycles. The second kappa shape index (κ2) is 6.51. The molecule has 1 aromatic rings. The summed E-state index contributed by atoms with van der Waals surface area (Å²) in [6, 6.07) is 1.51. The van der Waals surface area contributed by atoms with Crippen LogP contribution in [-0.4, -0.2) is 45.9 Å². The Balaban J connectivity index is 2.69. The number of hydrogen-bond acceptors (Lipinski definition) is 4. The summed E-state index contributed by atoms with van der Waals surface area (Å²) in [5, 5.41) is 8.77. The normalized spacial score (nSPS) is 11.2. The molecule has 0 bridgehead atoms. The minimum absolute atomic E-state index is 0.140. The van der Waals surface area contributed by atoms with Gasteiger partial charge < -0.3 is 14.6 Å². The third-order valence-electron chi connectivity index (χ3n) is 3.08. The first-order chi connectivity index (χ1) is 8.47. The first kappa shape index (κ1) is 14.7. The average molecular weight is 255 g/mol. The number of aliphatic hydroxyl groups excluding tert-OH is 1. The Morgan fingerprint density at radius 1 is 1.22 bits per heavy atom. The lowest BCUT2D eigenvalue weighted by atomic mass is 10.2. The standard InChI is InChI=1S/C12H21N3O3/c1-13(7-8-16)6-4-5-10-9-11(17)15(3)12(18)14(10)2/h9,16H,4-8H2,1-3H3. The van der Waals surface area contributed by atoms with E-state index in [-0.39, 0.29) is 17.9 Å². The van der Waals surface area contributed by atoms with Crippen molar-refractivity contribution in [1.29, 1.82) is 0 Å². The van der Waals surface area contributed by atoms with E-state index in [2.05, 4.69) is 0 Å². The Labute approximate surface area is 106 Å². The van der Waals surface area contributed by atoms with Crippen LogP contribution in [0.3, 0.4) is 0 Å². The molecule has 102 valence electrons. The lowest BCUT2D eigenvalue weighted by Gasteiger charge is -2.15. The van der Waals surface area contributed by atoms with Crippen LogP contribution in [0.5, 0.6) is 0 Å². The highest BCUT2D eigenvalue weighted by atomic mass is 16.3. The molecule has 0 radical (unpaired) electrons. The van der Waals surface area contributed by atoms with Gasteiger partial charge >= 0.3 is 5.69 Å². The van der Waals surface area contributed by atoms with Gasteiger partial charge in [-0.2, -0.15) is 0 Å². The van der Waals surface area contributed by atoms with Crippen LogP contribution in [-0.2, 0) is 20.5 Å². The highest BCUT2D eigenvalue weighted by molar-refractivity contribution is 5.02. The smallest absolute Gasteiger partial charge is 0.330 e. The van der Waals surface area contributed by atoms with Gasteiger partial charge in [-0.15, -0.1) is 0 Å². The molecule has 0 aliphatic carbocycles. The minimum Gasteiger partial charge on any atom is -0.395 e. The summed E-state index contributed by atoms with van der Waals surface area (Å²) >= 11 is 0. The van der Waals surface area contributed by atoms with Gasteiger partial charge in [0.15, 0.2) is 0 Å². The number of aliphatic hydroxyl groups is 1. The summed E-state index contributed by atoms with van der Waals surface area (Å²) in [5.41, 5.74) is 0.193. The molecule has 1 heterocycles. The molecule has 1 aromatic heterocycles. The highest BCUT2D eigenvalue weighted by Gasteiger charge is 2.06. The number of nitrogens with zero attached hydrogens (tertiary/aromatic N) is 3. The number of rotatable bonds is 6. The molecule has 0 unspecified atom stereocenters. The molecule has 18 heavy (non-hydrogen) atoms. The predicted molar refractivity (Wildman–Crippen MR) is 69.8 cm³/mol. The van der Waals surface area contributed by atoms with Gasteiger partial charge in [0.05, 0.1) is 6.61 Å². The van der Waals surface area contributed by atoms with Gasteiger partial charge in [0.25, 0.3) is 5.56 Å². The van der Waals surface area contributed by atoms with Crippen LogP contribution in [0.2, 0.25) is 0 Å². The van der Waals surface area contributed by atoms with Gasteiger partial charge in [-0.25, -0.2) is 4.79 Å². The SMILES string of the molecule is CN(CCO)CCCc1cc(=O)n(C)c(=O)n1C. The van der Waals surface area contributed by atoms with Gasteiger partial charge in [-0.3, -0.25) is 9.36 Å². The summed E-state index contributed by atoms with van der Waals surface area (Å²) in [6.07, 6.45) is 1.52. The fraction of sp³-hybridized carbons (Fsp3) is 0.667. The van der Waals surface area contributed by atoms with Gasteiger partial charge in [-0.05, 0) is 26.4 Å². The molecule has 0 spiro atoms. The van der Waals surface area contributed by atoms with Crippen LogP contribution in [0.25, 0.3) is 0 Å². The zero-order chi connectivity index (χ0) is 13.7. The van der Waals surface area contributed by atoms with E-state index in [0.717, 1.165) is 23.2 Å². The van der Waals surface area contributed by atoms with E-state index in [9.17, 15) is 9.59 Å². The zero-order valence-electron chi connectivity index (χ0n) is 11.2. The molecule has 1 N–H and O–H groups in total. The molecule has 6 heteroatoms. The molecule has 0 aliphatic rings. The lowest BCUT2D eigenvalue weighted by molar-refractivity contribution is 0.220. The summed E-state index contributed by atoms with van der Waals surface area (Å²) in [7, 11) is 5.08. The molecule has 0 atom stereocenters. The molecule has 1 rings (SSSR count). The Bertz CT molecular complexity index is 504. The van der Waals surface area contributed by atoms with Crippen LogP contribution in [0.1, 0.15) is 12.1 Å². The maximum atomic E-state index is 11.7. The number of likely N-dealkylation sites (N-methyl/N-ethyl adjacent to an activating group) is 1. The van der Waals surface area contributed by atoms with Crippen molar-refractivity contribution in [3.63, 3.8) is 0 Å². The summed E-state index contributed by atoms with van der Waals surface area (Å²) in [6.45, 7) is 1.60. The molecule has 0 saturated carbocycles. The van der Waals surface area contributed by atoms with E-state index in [1.165, 1.54) is 17.7 Å². The third-order valence-corrected chi connectivity index (χ3v) is 3.08. The van der Waals surface area contributed by atoms with E-state index in [1.54, 1.807) is 7.05 Å². The van der Waals surface area contributed by atoms with Crippen molar-refractivity contribution in [2.75, 3.05) is 26.7 Å². The second-order valence-corrected chi connectivity index (χ2v) is 4.50.